The lowest BCUT2D eigenvalue weighted by atomic mass is 9.77. The van der Waals surface area contributed by atoms with Gasteiger partial charge in [0.1, 0.15) is 11.2 Å². The predicted molar refractivity (Wildman–Crippen MR) is 185 cm³/mol. The summed E-state index contributed by atoms with van der Waals surface area (Å²) < 4.78 is 13.0. The number of aryl methyl sites for hydroxylation is 1. The Balaban J connectivity index is 1.34. The van der Waals surface area contributed by atoms with Gasteiger partial charge in [0.05, 0.1) is 11.5 Å². The number of furan rings is 1. The zero-order chi connectivity index (χ0) is 30.4. The third-order valence-corrected chi connectivity index (χ3v) is 10.8. The maximum absolute atomic E-state index is 6.89. The van der Waals surface area contributed by atoms with Gasteiger partial charge < -0.3 is 4.42 Å². The zero-order valence-electron chi connectivity index (χ0n) is 26.0. The summed E-state index contributed by atoms with van der Waals surface area (Å²) in [5, 5.41) is 5.79. The van der Waals surface area contributed by atoms with Crippen molar-refractivity contribution >= 4 is 49.1 Å². The van der Waals surface area contributed by atoms with Gasteiger partial charge in [-0.05, 0) is 89.0 Å². The summed E-state index contributed by atoms with van der Waals surface area (Å²) in [5.41, 5.74) is 12.3. The molecule has 0 saturated heterocycles. The summed E-state index contributed by atoms with van der Waals surface area (Å²) in [4.78, 5) is 0. The van der Waals surface area contributed by atoms with Gasteiger partial charge >= 0.3 is 0 Å². The molecule has 0 saturated carbocycles. The van der Waals surface area contributed by atoms with E-state index in [1.54, 1.807) is 11.3 Å². The van der Waals surface area contributed by atoms with E-state index in [0.717, 1.165) is 36.1 Å². The number of fused-ring (bicyclic) bond motifs is 14. The normalized spacial score (nSPS) is 17.6. The molecule has 220 valence electrons. The van der Waals surface area contributed by atoms with E-state index in [9.17, 15) is 0 Å². The summed E-state index contributed by atoms with van der Waals surface area (Å²) in [5.74, 6) is 0.228. The maximum Gasteiger partial charge on any atom is 0.249 e. The molecule has 4 heteroatoms. The minimum Gasteiger partial charge on any atom is -0.455 e. The van der Waals surface area contributed by atoms with Gasteiger partial charge in [-0.25, -0.2) is 0 Å². The molecule has 0 N–H and O–H groups in total. The molecule has 9 rings (SSSR count). The van der Waals surface area contributed by atoms with Crippen LogP contribution in [0.5, 0.6) is 0 Å². The molecular weight excluding hydrogens is 569 g/mol. The Bertz CT molecular complexity index is 2330. The fraction of sp³-hybridized carbons (Fsp3) is 0.220. The number of pyridine rings is 2. The molecule has 3 aromatic carbocycles. The second kappa shape index (κ2) is 9.73. The van der Waals surface area contributed by atoms with Crippen molar-refractivity contribution < 1.29 is 13.6 Å². The third-order valence-electron chi connectivity index (χ3n) is 9.90. The minimum atomic E-state index is 0.0591. The van der Waals surface area contributed by atoms with Crippen molar-refractivity contribution in [2.45, 2.75) is 52.0 Å². The van der Waals surface area contributed by atoms with Gasteiger partial charge in [0.15, 0.2) is 12.4 Å². The molecule has 0 amide bonds. The van der Waals surface area contributed by atoms with Crippen LogP contribution in [0.15, 0.2) is 114 Å². The monoisotopic (exact) mass is 604 g/mol. The zero-order valence-corrected chi connectivity index (χ0v) is 26.8. The van der Waals surface area contributed by atoms with Crippen LogP contribution in [-0.4, -0.2) is 0 Å². The summed E-state index contributed by atoms with van der Waals surface area (Å²) in [6.07, 6.45) is 7.53. The van der Waals surface area contributed by atoms with Gasteiger partial charge in [0.25, 0.3) is 0 Å². The number of allylic oxidation sites excluding steroid dienone is 1. The molecule has 0 aliphatic carbocycles. The van der Waals surface area contributed by atoms with Crippen molar-refractivity contribution in [1.82, 2.24) is 0 Å². The first-order valence-corrected chi connectivity index (χ1v) is 16.9. The molecule has 2 aliphatic heterocycles. The number of nitrogens with zero attached hydrogens (tertiary/aromatic N) is 2. The Kier molecular flexibility index (Phi) is 5.80. The van der Waals surface area contributed by atoms with Crippen LogP contribution in [0.3, 0.4) is 0 Å². The van der Waals surface area contributed by atoms with Gasteiger partial charge in [0.2, 0.25) is 23.1 Å². The lowest BCUT2D eigenvalue weighted by molar-refractivity contribution is -0.727. The van der Waals surface area contributed by atoms with Gasteiger partial charge in [-0.2, -0.15) is 9.13 Å². The number of hydrogen-bond donors (Lipinski definition) is 0. The highest BCUT2D eigenvalue weighted by Gasteiger charge is 2.48. The van der Waals surface area contributed by atoms with Crippen LogP contribution in [-0.2, 0) is 12.8 Å². The molecule has 4 aromatic heterocycles. The van der Waals surface area contributed by atoms with E-state index in [2.05, 4.69) is 133 Å². The van der Waals surface area contributed by atoms with Gasteiger partial charge in [-0.1, -0.05) is 51.1 Å². The van der Waals surface area contributed by atoms with Crippen molar-refractivity contribution in [1.29, 1.82) is 0 Å². The van der Waals surface area contributed by atoms with E-state index in [4.69, 9.17) is 11.0 Å². The lowest BCUT2D eigenvalue weighted by Gasteiger charge is -2.30. The Morgan fingerprint density at radius 3 is 2.64 bits per heavy atom. The molecule has 0 spiro atoms. The topological polar surface area (TPSA) is 20.9 Å². The van der Waals surface area contributed by atoms with Crippen molar-refractivity contribution in [3.63, 3.8) is 0 Å². The van der Waals surface area contributed by atoms with Crippen molar-refractivity contribution in [3.8, 4) is 22.5 Å². The van der Waals surface area contributed by atoms with Crippen molar-refractivity contribution in [2.24, 2.45) is 5.41 Å². The Hall–Kier alpha value is -4.54. The number of thiophene rings is 1. The molecule has 45 heavy (non-hydrogen) atoms. The van der Waals surface area contributed by atoms with Crippen LogP contribution in [0.25, 0.3) is 60.2 Å². The molecule has 2 unspecified atom stereocenters. The summed E-state index contributed by atoms with van der Waals surface area (Å²) in [6, 6.07) is 31.7. The number of benzene rings is 3. The Labute approximate surface area is 267 Å². The van der Waals surface area contributed by atoms with Crippen LogP contribution in [0.4, 0.5) is 0 Å². The fourth-order valence-electron chi connectivity index (χ4n) is 8.03. The average molecular weight is 605 g/mol. The highest BCUT2D eigenvalue weighted by atomic mass is 32.1. The van der Waals surface area contributed by atoms with Crippen LogP contribution in [0.2, 0.25) is 0 Å². The number of rotatable bonds is 1. The van der Waals surface area contributed by atoms with Gasteiger partial charge in [-0.3, -0.25) is 0 Å². The van der Waals surface area contributed by atoms with E-state index in [-0.39, 0.29) is 17.4 Å². The van der Waals surface area contributed by atoms with E-state index in [1.165, 1.54) is 60.1 Å². The smallest absolute Gasteiger partial charge is 0.249 e. The van der Waals surface area contributed by atoms with E-state index in [0.29, 0.717) is 0 Å². The first-order valence-electron chi connectivity index (χ1n) is 16.0. The highest BCUT2D eigenvalue weighted by Crippen LogP contribution is 2.49. The second-order valence-electron chi connectivity index (χ2n) is 14.1. The third kappa shape index (κ3) is 4.15. The minimum absolute atomic E-state index is 0.0591. The van der Waals surface area contributed by atoms with Crippen LogP contribution in [0, 0.1) is 5.41 Å². The quantitative estimate of drug-likeness (QED) is 0.171. The molecule has 0 fully saturated rings. The standard InChI is InChI=1S/C41H36N2OS/c1-25-39-31(13-12-27-9-5-6-10-29(27)34-11-7-8-18-42(25)34)30-14-15-32-33-23-37-28(17-20-45-37)22-36(33)44-40(32)38(30)35-21-26(16-19-43(35)39)24-41(2,3)4/h5-11,14-23,31,39H,1,12-13,24H2,2-4H3/q+2. The molecule has 0 radical (unpaired) electrons. The largest absolute Gasteiger partial charge is 0.455 e. The molecule has 6 heterocycles. The fourth-order valence-corrected chi connectivity index (χ4v) is 8.84. The average Bonchev–Trinajstić information content (AvgIpc) is 3.65. The molecule has 0 bridgehead atoms. The van der Waals surface area contributed by atoms with Gasteiger partial charge in [-0.15, -0.1) is 11.3 Å². The van der Waals surface area contributed by atoms with Crippen LogP contribution in [0.1, 0.15) is 55.8 Å². The molecule has 2 atom stereocenters. The van der Waals surface area contributed by atoms with Crippen LogP contribution >= 0.6 is 11.3 Å². The van der Waals surface area contributed by atoms with Crippen molar-refractivity contribution in [2.75, 3.05) is 0 Å². The SMILES string of the molecule is C=C1C2C(CCc3ccccc3-c3cccc[n+]31)c1ccc3c(oc4cc5ccsc5cc43)c1-c1cc(CC(C)(C)C)cc[n+]12. The maximum atomic E-state index is 6.89. The first kappa shape index (κ1) is 26.8. The van der Waals surface area contributed by atoms with Gasteiger partial charge in [0, 0.05) is 45.3 Å². The number of aromatic nitrogens is 2. The summed E-state index contributed by atoms with van der Waals surface area (Å²) in [6.45, 7) is 11.8. The second-order valence-corrected chi connectivity index (χ2v) is 15.0. The summed E-state index contributed by atoms with van der Waals surface area (Å²) >= 11 is 1.79. The Morgan fingerprint density at radius 2 is 1.76 bits per heavy atom. The van der Waals surface area contributed by atoms with Crippen LogP contribution < -0.4 is 9.13 Å². The predicted octanol–water partition coefficient (Wildman–Crippen LogP) is 10.1. The molecular formula is C41H36N2OS+2. The first-order chi connectivity index (χ1) is 21.8. The van der Waals surface area contributed by atoms with E-state index < -0.39 is 0 Å². The molecule has 2 aliphatic rings. The van der Waals surface area contributed by atoms with Crippen molar-refractivity contribution in [3.05, 3.63) is 126 Å². The number of hydrogen-bond acceptors (Lipinski definition) is 2. The van der Waals surface area contributed by atoms with E-state index in [1.807, 2.05) is 0 Å². The Morgan fingerprint density at radius 1 is 0.889 bits per heavy atom. The molecule has 7 aromatic rings. The highest BCUT2D eigenvalue weighted by molar-refractivity contribution is 7.17. The summed E-state index contributed by atoms with van der Waals surface area (Å²) in [7, 11) is 0. The molecule has 3 nitrogen and oxygen atoms in total. The van der Waals surface area contributed by atoms with E-state index >= 15 is 0 Å². The lowest BCUT2D eigenvalue weighted by Crippen LogP contribution is -2.53.